The maximum Gasteiger partial charge on any atom is 0.147 e. The van der Waals surface area contributed by atoms with Gasteiger partial charge in [0.05, 0.1) is 5.38 Å². The molecule has 2 nitrogen and oxygen atoms in total. The van der Waals surface area contributed by atoms with Gasteiger partial charge in [0.15, 0.2) is 0 Å². The Balaban J connectivity index is 2.09. The van der Waals surface area contributed by atoms with Crippen molar-refractivity contribution in [2.45, 2.75) is 18.7 Å². The number of para-hydroxylation sites is 1. The van der Waals surface area contributed by atoms with Gasteiger partial charge >= 0.3 is 0 Å². The van der Waals surface area contributed by atoms with Crippen LogP contribution >= 0.6 is 11.6 Å². The van der Waals surface area contributed by atoms with Crippen LogP contribution in [0.1, 0.15) is 12.5 Å². The third-order valence-corrected chi connectivity index (χ3v) is 3.19. The topological polar surface area (TPSA) is 26.3 Å². The van der Waals surface area contributed by atoms with Crippen LogP contribution in [0, 0.1) is 0 Å². The summed E-state index contributed by atoms with van der Waals surface area (Å²) in [5, 5.41) is -0.480. The van der Waals surface area contributed by atoms with Gasteiger partial charge in [-0.1, -0.05) is 30.3 Å². The lowest BCUT2D eigenvalue weighted by atomic mass is 10.1. The molecule has 0 N–H and O–H groups in total. The number of Topliss-reactive ketones (excluding diaryl/α,β-unsaturated/α-hetero) is 1. The summed E-state index contributed by atoms with van der Waals surface area (Å²) in [6.45, 7) is 1.50. The monoisotopic (exact) mass is 274 g/mol. The van der Waals surface area contributed by atoms with Crippen LogP contribution in [0.2, 0.25) is 0 Å². The van der Waals surface area contributed by atoms with Gasteiger partial charge in [-0.25, -0.2) is 0 Å². The summed E-state index contributed by atoms with van der Waals surface area (Å²) in [7, 11) is 0. The molecule has 0 aliphatic heterocycles. The fourth-order valence-corrected chi connectivity index (χ4v) is 1.89. The number of ketones is 1. The number of halogens is 1. The first-order valence-corrected chi connectivity index (χ1v) is 6.55. The van der Waals surface area contributed by atoms with Gasteiger partial charge in [0.25, 0.3) is 0 Å². The average molecular weight is 275 g/mol. The van der Waals surface area contributed by atoms with Crippen molar-refractivity contribution in [2.75, 3.05) is 0 Å². The van der Waals surface area contributed by atoms with E-state index in [1.807, 2.05) is 54.6 Å². The summed E-state index contributed by atoms with van der Waals surface area (Å²) in [6.07, 6.45) is 0.517. The largest absolute Gasteiger partial charge is 0.457 e. The minimum atomic E-state index is -0.480. The second-order valence-electron chi connectivity index (χ2n) is 4.34. The van der Waals surface area contributed by atoms with E-state index in [4.69, 9.17) is 16.3 Å². The molecule has 0 fully saturated rings. The molecule has 0 amide bonds. The second-order valence-corrected chi connectivity index (χ2v) is 4.87. The molecule has 0 aliphatic rings. The Morgan fingerprint density at radius 2 is 1.79 bits per heavy atom. The molecule has 1 unspecified atom stereocenters. The van der Waals surface area contributed by atoms with Crippen molar-refractivity contribution in [2.24, 2.45) is 0 Å². The molecule has 98 valence electrons. The predicted octanol–water partition coefficient (Wildman–Crippen LogP) is 4.22. The van der Waals surface area contributed by atoms with Gasteiger partial charge < -0.3 is 4.74 Å². The molecular weight excluding hydrogens is 260 g/mol. The Labute approximate surface area is 118 Å². The minimum absolute atomic E-state index is 0.0175. The van der Waals surface area contributed by atoms with Crippen LogP contribution in [-0.2, 0) is 11.2 Å². The van der Waals surface area contributed by atoms with Crippen LogP contribution in [0.25, 0.3) is 0 Å². The zero-order valence-electron chi connectivity index (χ0n) is 10.7. The van der Waals surface area contributed by atoms with Crippen LogP contribution in [0.5, 0.6) is 11.5 Å². The maximum atomic E-state index is 11.2. The minimum Gasteiger partial charge on any atom is -0.457 e. The fraction of sp³-hybridized carbons (Fsp3) is 0.188. The second kappa shape index (κ2) is 6.39. The molecule has 3 heteroatoms. The molecule has 0 spiro atoms. The number of carbonyl (C=O) groups is 1. The molecule has 0 heterocycles. The van der Waals surface area contributed by atoms with E-state index >= 15 is 0 Å². The van der Waals surface area contributed by atoms with E-state index in [0.29, 0.717) is 6.42 Å². The Hall–Kier alpha value is -1.80. The van der Waals surface area contributed by atoms with Crippen molar-refractivity contribution >= 4 is 17.4 Å². The summed E-state index contributed by atoms with van der Waals surface area (Å²) in [5.74, 6) is 1.51. The Morgan fingerprint density at radius 1 is 1.11 bits per heavy atom. The van der Waals surface area contributed by atoms with Crippen molar-refractivity contribution in [3.8, 4) is 11.5 Å². The fourth-order valence-electron chi connectivity index (χ4n) is 1.71. The van der Waals surface area contributed by atoms with E-state index in [2.05, 4.69) is 0 Å². The van der Waals surface area contributed by atoms with E-state index in [0.717, 1.165) is 17.1 Å². The number of benzene rings is 2. The SMILES string of the molecule is CC(=O)C(Cl)Cc1cccc(Oc2ccccc2)c1. The van der Waals surface area contributed by atoms with Gasteiger partial charge in [0, 0.05) is 0 Å². The molecule has 0 radical (unpaired) electrons. The summed E-state index contributed by atoms with van der Waals surface area (Å²) in [6, 6.07) is 17.2. The molecule has 19 heavy (non-hydrogen) atoms. The van der Waals surface area contributed by atoms with Crippen molar-refractivity contribution in [1.82, 2.24) is 0 Å². The first kappa shape index (κ1) is 13.6. The normalized spacial score (nSPS) is 11.9. The number of carbonyl (C=O) groups excluding carboxylic acids is 1. The lowest BCUT2D eigenvalue weighted by Crippen LogP contribution is -2.13. The van der Waals surface area contributed by atoms with Crippen LogP contribution in [0.4, 0.5) is 0 Å². The standard InChI is InChI=1S/C16H15ClO2/c1-12(18)16(17)11-13-6-5-9-15(10-13)19-14-7-3-2-4-8-14/h2-10,16H,11H2,1H3. The van der Waals surface area contributed by atoms with Gasteiger partial charge in [0.2, 0.25) is 0 Å². The van der Waals surface area contributed by atoms with E-state index < -0.39 is 5.38 Å². The molecular formula is C16H15ClO2. The van der Waals surface area contributed by atoms with Gasteiger partial charge in [0.1, 0.15) is 17.3 Å². The first-order chi connectivity index (χ1) is 9.15. The summed E-state index contributed by atoms with van der Waals surface area (Å²) in [4.78, 5) is 11.2. The molecule has 0 aromatic heterocycles. The van der Waals surface area contributed by atoms with Crippen LogP contribution in [0.15, 0.2) is 54.6 Å². The third-order valence-electron chi connectivity index (χ3n) is 2.73. The number of ether oxygens (including phenoxy) is 1. The molecule has 2 aromatic carbocycles. The molecule has 0 aliphatic carbocycles. The molecule has 2 aromatic rings. The molecule has 1 atom stereocenters. The number of hydrogen-bond donors (Lipinski definition) is 0. The zero-order chi connectivity index (χ0) is 13.7. The number of rotatable bonds is 5. The average Bonchev–Trinajstić information content (AvgIpc) is 2.40. The number of hydrogen-bond acceptors (Lipinski definition) is 2. The predicted molar refractivity (Wildman–Crippen MR) is 77.0 cm³/mol. The quantitative estimate of drug-likeness (QED) is 0.763. The molecule has 2 rings (SSSR count). The zero-order valence-corrected chi connectivity index (χ0v) is 11.4. The van der Waals surface area contributed by atoms with E-state index in [-0.39, 0.29) is 5.78 Å². The van der Waals surface area contributed by atoms with Gasteiger partial charge in [-0.3, -0.25) is 4.79 Å². The van der Waals surface area contributed by atoms with Crippen molar-refractivity contribution in [3.63, 3.8) is 0 Å². The summed E-state index contributed by atoms with van der Waals surface area (Å²) < 4.78 is 5.73. The summed E-state index contributed by atoms with van der Waals surface area (Å²) in [5.41, 5.74) is 0.989. The number of alkyl halides is 1. The molecule has 0 saturated carbocycles. The van der Waals surface area contributed by atoms with Crippen molar-refractivity contribution in [1.29, 1.82) is 0 Å². The van der Waals surface area contributed by atoms with Crippen molar-refractivity contribution < 1.29 is 9.53 Å². The van der Waals surface area contributed by atoms with Crippen molar-refractivity contribution in [3.05, 3.63) is 60.2 Å². The van der Waals surface area contributed by atoms with Crippen LogP contribution in [-0.4, -0.2) is 11.2 Å². The Morgan fingerprint density at radius 3 is 2.47 bits per heavy atom. The lowest BCUT2D eigenvalue weighted by Gasteiger charge is -2.09. The van der Waals surface area contributed by atoms with Crippen LogP contribution in [0.3, 0.4) is 0 Å². The Kier molecular flexibility index (Phi) is 4.58. The van der Waals surface area contributed by atoms with E-state index in [1.165, 1.54) is 6.92 Å². The third kappa shape index (κ3) is 4.11. The van der Waals surface area contributed by atoms with Gasteiger partial charge in [-0.05, 0) is 43.2 Å². The van der Waals surface area contributed by atoms with Crippen LogP contribution < -0.4 is 4.74 Å². The highest BCUT2D eigenvalue weighted by Gasteiger charge is 2.11. The van der Waals surface area contributed by atoms with Gasteiger partial charge in [-0.15, -0.1) is 11.6 Å². The highest BCUT2D eigenvalue weighted by molar-refractivity contribution is 6.30. The summed E-state index contributed by atoms with van der Waals surface area (Å²) >= 11 is 5.97. The highest BCUT2D eigenvalue weighted by Crippen LogP contribution is 2.22. The maximum absolute atomic E-state index is 11.2. The molecule has 0 bridgehead atoms. The van der Waals surface area contributed by atoms with Gasteiger partial charge in [-0.2, -0.15) is 0 Å². The Bertz CT molecular complexity index is 552. The van der Waals surface area contributed by atoms with E-state index in [9.17, 15) is 4.79 Å². The van der Waals surface area contributed by atoms with E-state index in [1.54, 1.807) is 0 Å². The molecule has 0 saturated heterocycles. The first-order valence-electron chi connectivity index (χ1n) is 6.11. The highest BCUT2D eigenvalue weighted by atomic mass is 35.5. The lowest BCUT2D eigenvalue weighted by molar-refractivity contribution is -0.116. The smallest absolute Gasteiger partial charge is 0.147 e.